The molecule has 188 valence electrons. The minimum atomic E-state index is -3.02. The van der Waals surface area contributed by atoms with Gasteiger partial charge in [0.25, 0.3) is 5.92 Å². The number of rotatable bonds is 5. The largest absolute Gasteiger partial charge is 0.468 e. The standard InChI is InChI=1S/C16H18F2N4O4S.C6H4BrF/c1-25-14(23)9-6-20-12(13-19-3-4-27-13)21-10(9)7-22-8-16(17,18)5-11(22)15(24)26-2;7-5-2-1-3-6(8)4-5/h3-4,11H,5-8H2,1-2H3,(H,20,21);1-4H. The van der Waals surface area contributed by atoms with Crippen LogP contribution in [0.5, 0.6) is 0 Å². The second-order valence-corrected chi connectivity index (χ2v) is 9.33. The number of aromatic nitrogens is 1. The second kappa shape index (κ2) is 11.8. The highest BCUT2D eigenvalue weighted by Crippen LogP contribution is 2.33. The number of carbonyl (C=O) groups excluding carboxylic acids is 2. The van der Waals surface area contributed by atoms with Crippen molar-refractivity contribution >= 4 is 45.0 Å². The maximum absolute atomic E-state index is 13.9. The molecule has 2 aromatic rings. The maximum atomic E-state index is 13.9. The fourth-order valence-corrected chi connectivity index (χ4v) is 4.47. The number of carbonyl (C=O) groups is 2. The monoisotopic (exact) mass is 574 g/mol. The summed E-state index contributed by atoms with van der Waals surface area (Å²) < 4.78 is 50.1. The van der Waals surface area contributed by atoms with Crippen LogP contribution in [0.15, 0.2) is 56.6 Å². The molecule has 1 aromatic heterocycles. The molecule has 1 unspecified atom stereocenters. The highest BCUT2D eigenvalue weighted by atomic mass is 79.9. The van der Waals surface area contributed by atoms with Crippen LogP contribution in [0, 0.1) is 5.82 Å². The number of amidine groups is 1. The third-order valence-electron chi connectivity index (χ3n) is 5.08. The van der Waals surface area contributed by atoms with Gasteiger partial charge in [-0.2, -0.15) is 0 Å². The number of nitrogens with one attached hydrogen (secondary N) is 1. The molecule has 1 N–H and O–H groups in total. The third-order valence-corrected chi connectivity index (χ3v) is 6.36. The molecule has 3 heterocycles. The lowest BCUT2D eigenvalue weighted by molar-refractivity contribution is -0.146. The van der Waals surface area contributed by atoms with Gasteiger partial charge in [0, 0.05) is 34.7 Å². The van der Waals surface area contributed by atoms with Crippen LogP contribution in [0.2, 0.25) is 0 Å². The molecule has 8 nitrogen and oxygen atoms in total. The van der Waals surface area contributed by atoms with Gasteiger partial charge in [0.1, 0.15) is 11.9 Å². The first-order valence-electron chi connectivity index (χ1n) is 10.3. The Hall–Kier alpha value is -2.77. The number of hydrogen-bond donors (Lipinski definition) is 1. The number of hydrogen-bond acceptors (Lipinski definition) is 9. The lowest BCUT2D eigenvalue weighted by Gasteiger charge is -2.27. The average molecular weight is 575 g/mol. The van der Waals surface area contributed by atoms with Gasteiger partial charge in [-0.25, -0.2) is 22.9 Å². The summed E-state index contributed by atoms with van der Waals surface area (Å²) in [6.45, 7) is -0.669. The Labute approximate surface area is 212 Å². The van der Waals surface area contributed by atoms with Crippen molar-refractivity contribution in [3.8, 4) is 0 Å². The Balaban J connectivity index is 0.000000363. The van der Waals surface area contributed by atoms with E-state index in [1.165, 1.54) is 35.5 Å². The molecule has 0 radical (unpaired) electrons. The van der Waals surface area contributed by atoms with Gasteiger partial charge in [-0.3, -0.25) is 14.7 Å². The second-order valence-electron chi connectivity index (χ2n) is 7.52. The summed E-state index contributed by atoms with van der Waals surface area (Å²) in [4.78, 5) is 33.7. The van der Waals surface area contributed by atoms with E-state index in [-0.39, 0.29) is 24.5 Å². The molecule has 0 spiro atoms. The molecule has 1 fully saturated rings. The molecule has 0 aliphatic carbocycles. The molecule has 4 rings (SSSR count). The topological polar surface area (TPSA) is 93.1 Å². The zero-order valence-corrected chi connectivity index (χ0v) is 21.2. The van der Waals surface area contributed by atoms with Crippen molar-refractivity contribution in [2.24, 2.45) is 4.99 Å². The molecular formula is C22H22BrF3N4O4S. The van der Waals surface area contributed by atoms with Gasteiger partial charge >= 0.3 is 11.9 Å². The molecule has 0 amide bonds. The van der Waals surface area contributed by atoms with Crippen molar-refractivity contribution in [3.63, 3.8) is 0 Å². The summed E-state index contributed by atoms with van der Waals surface area (Å²) in [5.41, 5.74) is 0.574. The predicted octanol–water partition coefficient (Wildman–Crippen LogP) is 3.39. The van der Waals surface area contributed by atoms with Gasteiger partial charge < -0.3 is 14.8 Å². The summed E-state index contributed by atoms with van der Waals surface area (Å²) >= 11 is 4.47. The number of nitrogens with zero attached hydrogens (tertiary/aromatic N) is 3. The molecule has 2 aliphatic rings. The molecule has 1 atom stereocenters. The number of ether oxygens (including phenoxy) is 2. The number of halogens is 4. The van der Waals surface area contributed by atoms with E-state index >= 15 is 0 Å². The fraction of sp³-hybridized carbons (Fsp3) is 0.364. The first kappa shape index (κ1) is 26.8. The van der Waals surface area contributed by atoms with Crippen molar-refractivity contribution in [1.29, 1.82) is 0 Å². The summed E-state index contributed by atoms with van der Waals surface area (Å²) in [7, 11) is 2.39. The van der Waals surface area contributed by atoms with E-state index in [4.69, 9.17) is 4.74 Å². The molecule has 2 aliphatic heterocycles. The molecule has 0 saturated carbocycles. The summed E-state index contributed by atoms with van der Waals surface area (Å²) in [5, 5.41) is 5.37. The van der Waals surface area contributed by atoms with Crippen molar-refractivity contribution in [1.82, 2.24) is 15.2 Å². The van der Waals surface area contributed by atoms with Crippen molar-refractivity contribution < 1.29 is 32.2 Å². The summed E-state index contributed by atoms with van der Waals surface area (Å²) in [6, 6.07) is 5.16. The van der Waals surface area contributed by atoms with Crippen molar-refractivity contribution in [3.05, 3.63) is 62.4 Å². The number of likely N-dealkylation sites (tertiary alicyclic amines) is 1. The van der Waals surface area contributed by atoms with Gasteiger partial charge in [0.05, 0.1) is 32.9 Å². The number of aliphatic imine (C=N–C) groups is 1. The number of alkyl halides is 2. The van der Waals surface area contributed by atoms with Crippen LogP contribution in [-0.4, -0.2) is 73.5 Å². The normalized spacial score (nSPS) is 19.3. The number of esters is 2. The van der Waals surface area contributed by atoms with Gasteiger partial charge in [-0.15, -0.1) is 11.3 Å². The zero-order valence-electron chi connectivity index (χ0n) is 18.8. The minimum absolute atomic E-state index is 0.0248. The van der Waals surface area contributed by atoms with Gasteiger partial charge in [-0.05, 0) is 18.2 Å². The van der Waals surface area contributed by atoms with Crippen LogP contribution in [0.3, 0.4) is 0 Å². The van der Waals surface area contributed by atoms with Crippen molar-refractivity contribution in [2.45, 2.75) is 18.4 Å². The Morgan fingerprint density at radius 2 is 2.09 bits per heavy atom. The van der Waals surface area contributed by atoms with E-state index < -0.39 is 36.9 Å². The zero-order chi connectivity index (χ0) is 25.6. The number of methoxy groups -OCH3 is 2. The number of thiazole rings is 1. The molecule has 1 saturated heterocycles. The molecule has 35 heavy (non-hydrogen) atoms. The highest BCUT2D eigenvalue weighted by Gasteiger charge is 2.49. The molecule has 13 heteroatoms. The van der Waals surface area contributed by atoms with Crippen LogP contribution < -0.4 is 5.32 Å². The van der Waals surface area contributed by atoms with Crippen LogP contribution in [0.1, 0.15) is 11.4 Å². The van der Waals surface area contributed by atoms with Crippen LogP contribution >= 0.6 is 27.3 Å². The van der Waals surface area contributed by atoms with E-state index in [2.05, 4.69) is 36.0 Å². The van der Waals surface area contributed by atoms with Gasteiger partial charge in [0.2, 0.25) is 0 Å². The van der Waals surface area contributed by atoms with Gasteiger partial charge in [-0.1, -0.05) is 22.0 Å². The van der Waals surface area contributed by atoms with E-state index in [9.17, 15) is 22.8 Å². The average Bonchev–Trinajstić information content (AvgIpc) is 3.46. The third kappa shape index (κ3) is 7.12. The van der Waals surface area contributed by atoms with Crippen molar-refractivity contribution in [2.75, 3.05) is 33.9 Å². The van der Waals surface area contributed by atoms with E-state index in [1.54, 1.807) is 23.7 Å². The molecular weight excluding hydrogens is 553 g/mol. The predicted molar refractivity (Wildman–Crippen MR) is 127 cm³/mol. The maximum Gasteiger partial charge on any atom is 0.337 e. The quantitative estimate of drug-likeness (QED) is 0.547. The summed E-state index contributed by atoms with van der Waals surface area (Å²) in [5.74, 6) is -4.14. The van der Waals surface area contributed by atoms with Gasteiger partial charge in [0.15, 0.2) is 10.8 Å². The Morgan fingerprint density at radius 1 is 1.31 bits per heavy atom. The van der Waals surface area contributed by atoms with Crippen LogP contribution in [-0.2, 0) is 19.1 Å². The smallest absolute Gasteiger partial charge is 0.337 e. The first-order chi connectivity index (χ1) is 16.6. The minimum Gasteiger partial charge on any atom is -0.468 e. The highest BCUT2D eigenvalue weighted by molar-refractivity contribution is 9.10. The molecule has 1 aromatic carbocycles. The first-order valence-corrected chi connectivity index (χ1v) is 11.9. The van der Waals surface area contributed by atoms with E-state index in [0.29, 0.717) is 16.5 Å². The summed E-state index contributed by atoms with van der Waals surface area (Å²) in [6.07, 6.45) is 0.978. The van der Waals surface area contributed by atoms with Crippen LogP contribution in [0.4, 0.5) is 13.2 Å². The lowest BCUT2D eigenvalue weighted by atomic mass is 10.1. The number of benzene rings is 1. The van der Waals surface area contributed by atoms with Crippen LogP contribution in [0.25, 0.3) is 0 Å². The Morgan fingerprint density at radius 3 is 2.66 bits per heavy atom. The van der Waals surface area contributed by atoms with E-state index in [1.807, 2.05) is 0 Å². The SMILES string of the molecule is COC(=O)C1=C(CN2CC(F)(F)CC2C(=O)OC)NC(c2nccs2)=NC1.Fc1cccc(Br)c1. The fourth-order valence-electron chi connectivity index (χ4n) is 3.50. The Kier molecular flexibility index (Phi) is 9.03. The van der Waals surface area contributed by atoms with E-state index in [0.717, 1.165) is 11.6 Å². The lowest BCUT2D eigenvalue weighted by Crippen LogP contribution is -2.43. The molecule has 0 bridgehead atoms. The Bertz CT molecular complexity index is 1110.